The van der Waals surface area contributed by atoms with Crippen molar-refractivity contribution in [3.8, 4) is 17.2 Å². The molecule has 4 heteroatoms. The minimum absolute atomic E-state index is 0.0531. The monoisotopic (exact) mass is 316 g/mol. The SMILES string of the molecule is COc1ccc(-c2nc(CNC(C)(C)CC(C)(C)C)co2)cc1. The Bertz CT molecular complexity index is 622. The maximum atomic E-state index is 5.60. The molecule has 0 unspecified atom stereocenters. The lowest BCUT2D eigenvalue weighted by Gasteiger charge is -2.33. The quantitative estimate of drug-likeness (QED) is 0.842. The fourth-order valence-corrected chi connectivity index (χ4v) is 2.97. The Morgan fingerprint density at radius 3 is 2.30 bits per heavy atom. The van der Waals surface area contributed by atoms with Crippen LogP contribution in [0, 0.1) is 5.41 Å². The van der Waals surface area contributed by atoms with Gasteiger partial charge in [0.25, 0.3) is 0 Å². The average Bonchev–Trinajstić information content (AvgIpc) is 2.92. The summed E-state index contributed by atoms with van der Waals surface area (Å²) in [4.78, 5) is 4.57. The van der Waals surface area contributed by atoms with Crippen LogP contribution in [0.4, 0.5) is 0 Å². The van der Waals surface area contributed by atoms with E-state index in [0.29, 0.717) is 12.4 Å². The van der Waals surface area contributed by atoms with E-state index >= 15 is 0 Å². The molecule has 2 rings (SSSR count). The number of rotatable bonds is 6. The number of hydrogen-bond acceptors (Lipinski definition) is 4. The first-order valence-electron chi connectivity index (χ1n) is 8.02. The molecule has 1 N–H and O–H groups in total. The summed E-state index contributed by atoms with van der Waals surface area (Å²) in [6.45, 7) is 11.9. The summed E-state index contributed by atoms with van der Waals surface area (Å²) in [6, 6.07) is 7.71. The number of methoxy groups -OCH3 is 1. The lowest BCUT2D eigenvalue weighted by Crippen LogP contribution is -2.41. The summed E-state index contributed by atoms with van der Waals surface area (Å²) in [7, 11) is 1.66. The van der Waals surface area contributed by atoms with E-state index in [1.165, 1.54) is 0 Å². The van der Waals surface area contributed by atoms with Crippen molar-refractivity contribution < 1.29 is 9.15 Å². The second-order valence-electron chi connectivity index (χ2n) is 7.85. The van der Waals surface area contributed by atoms with E-state index in [1.54, 1.807) is 13.4 Å². The molecule has 0 aliphatic heterocycles. The number of nitrogens with one attached hydrogen (secondary N) is 1. The van der Waals surface area contributed by atoms with Gasteiger partial charge < -0.3 is 14.5 Å². The molecule has 1 heterocycles. The van der Waals surface area contributed by atoms with Crippen LogP contribution in [0.1, 0.15) is 46.7 Å². The van der Waals surface area contributed by atoms with Crippen molar-refractivity contribution in [2.45, 2.75) is 53.1 Å². The van der Waals surface area contributed by atoms with Crippen molar-refractivity contribution in [3.05, 3.63) is 36.2 Å². The molecule has 0 bridgehead atoms. The first-order chi connectivity index (χ1) is 10.7. The van der Waals surface area contributed by atoms with Gasteiger partial charge in [-0.05, 0) is 49.9 Å². The fraction of sp³-hybridized carbons (Fsp3) is 0.526. The summed E-state index contributed by atoms with van der Waals surface area (Å²) < 4.78 is 10.8. The van der Waals surface area contributed by atoms with Crippen molar-refractivity contribution in [1.82, 2.24) is 10.3 Å². The number of hydrogen-bond donors (Lipinski definition) is 1. The number of oxazole rings is 1. The predicted octanol–water partition coefficient (Wildman–Crippen LogP) is 4.65. The third-order valence-electron chi connectivity index (χ3n) is 3.61. The Labute approximate surface area is 139 Å². The van der Waals surface area contributed by atoms with Crippen LogP contribution >= 0.6 is 0 Å². The zero-order chi connectivity index (χ0) is 17.1. The van der Waals surface area contributed by atoms with Crippen molar-refractivity contribution in [2.75, 3.05) is 7.11 Å². The Morgan fingerprint density at radius 1 is 1.09 bits per heavy atom. The van der Waals surface area contributed by atoms with Gasteiger partial charge in [-0.2, -0.15) is 0 Å². The van der Waals surface area contributed by atoms with Gasteiger partial charge in [-0.15, -0.1) is 0 Å². The largest absolute Gasteiger partial charge is 0.497 e. The van der Waals surface area contributed by atoms with E-state index in [0.717, 1.165) is 23.4 Å². The molecule has 1 aromatic carbocycles. The van der Waals surface area contributed by atoms with Crippen molar-refractivity contribution in [1.29, 1.82) is 0 Å². The minimum atomic E-state index is 0.0531. The molecule has 0 amide bonds. The molecule has 23 heavy (non-hydrogen) atoms. The molecule has 126 valence electrons. The van der Waals surface area contributed by atoms with Gasteiger partial charge in [-0.25, -0.2) is 4.98 Å². The van der Waals surface area contributed by atoms with E-state index in [2.05, 4.69) is 44.9 Å². The Kier molecular flexibility index (Phi) is 5.15. The third kappa shape index (κ3) is 5.39. The molecule has 0 radical (unpaired) electrons. The van der Waals surface area contributed by atoms with E-state index in [-0.39, 0.29) is 11.0 Å². The van der Waals surface area contributed by atoms with Crippen molar-refractivity contribution >= 4 is 0 Å². The highest BCUT2D eigenvalue weighted by Crippen LogP contribution is 2.27. The lowest BCUT2D eigenvalue weighted by molar-refractivity contribution is 0.240. The smallest absolute Gasteiger partial charge is 0.226 e. The number of ether oxygens (including phenoxy) is 1. The van der Waals surface area contributed by atoms with E-state index in [1.807, 2.05) is 24.3 Å². The fourth-order valence-electron chi connectivity index (χ4n) is 2.97. The van der Waals surface area contributed by atoms with Gasteiger partial charge in [-0.1, -0.05) is 20.8 Å². The third-order valence-corrected chi connectivity index (χ3v) is 3.61. The second kappa shape index (κ2) is 6.75. The first-order valence-corrected chi connectivity index (χ1v) is 8.02. The summed E-state index contributed by atoms with van der Waals surface area (Å²) in [5.41, 5.74) is 2.20. The molecule has 0 aliphatic rings. The molecular formula is C19H28N2O2. The standard InChI is InChI=1S/C19H28N2O2/c1-18(2,3)13-19(4,5)20-11-15-12-23-17(21-15)14-7-9-16(22-6)10-8-14/h7-10,12,20H,11,13H2,1-6H3. The van der Waals surface area contributed by atoms with Gasteiger partial charge in [0.15, 0.2) is 0 Å². The molecular weight excluding hydrogens is 288 g/mol. The maximum Gasteiger partial charge on any atom is 0.226 e. The summed E-state index contributed by atoms with van der Waals surface area (Å²) in [5.74, 6) is 1.46. The zero-order valence-corrected chi connectivity index (χ0v) is 15.1. The highest BCUT2D eigenvalue weighted by molar-refractivity contribution is 5.54. The first kappa shape index (κ1) is 17.5. The van der Waals surface area contributed by atoms with Crippen molar-refractivity contribution in [2.24, 2.45) is 5.41 Å². The van der Waals surface area contributed by atoms with Crippen LogP contribution in [-0.4, -0.2) is 17.6 Å². The van der Waals surface area contributed by atoms with Crippen LogP contribution in [0.2, 0.25) is 0 Å². The Balaban J connectivity index is 1.99. The van der Waals surface area contributed by atoms with Gasteiger partial charge >= 0.3 is 0 Å². The van der Waals surface area contributed by atoms with Crippen molar-refractivity contribution in [3.63, 3.8) is 0 Å². The Morgan fingerprint density at radius 2 is 1.74 bits per heavy atom. The van der Waals surface area contributed by atoms with Gasteiger partial charge in [0, 0.05) is 17.6 Å². The van der Waals surface area contributed by atoms with Gasteiger partial charge in [0.05, 0.1) is 12.8 Å². The molecule has 0 atom stereocenters. The minimum Gasteiger partial charge on any atom is -0.497 e. The van der Waals surface area contributed by atoms with E-state index < -0.39 is 0 Å². The molecule has 4 nitrogen and oxygen atoms in total. The lowest BCUT2D eigenvalue weighted by atomic mass is 9.82. The van der Waals surface area contributed by atoms with Gasteiger partial charge in [-0.3, -0.25) is 0 Å². The average molecular weight is 316 g/mol. The van der Waals surface area contributed by atoms with Crippen LogP contribution in [0.15, 0.2) is 34.9 Å². The highest BCUT2D eigenvalue weighted by Gasteiger charge is 2.25. The normalized spacial score (nSPS) is 12.4. The molecule has 0 spiro atoms. The van der Waals surface area contributed by atoms with E-state index in [4.69, 9.17) is 9.15 Å². The van der Waals surface area contributed by atoms with Crippen LogP contribution in [0.5, 0.6) is 5.75 Å². The summed E-state index contributed by atoms with van der Waals surface area (Å²) in [5, 5.41) is 3.57. The van der Waals surface area contributed by atoms with Crippen LogP contribution in [-0.2, 0) is 6.54 Å². The van der Waals surface area contributed by atoms with Crippen LogP contribution in [0.25, 0.3) is 11.5 Å². The molecule has 0 aliphatic carbocycles. The van der Waals surface area contributed by atoms with Crippen LogP contribution < -0.4 is 10.1 Å². The predicted molar refractivity (Wildman–Crippen MR) is 93.5 cm³/mol. The van der Waals surface area contributed by atoms with E-state index in [9.17, 15) is 0 Å². The van der Waals surface area contributed by atoms with Gasteiger partial charge in [0.2, 0.25) is 5.89 Å². The summed E-state index contributed by atoms with van der Waals surface area (Å²) in [6.07, 6.45) is 2.81. The number of nitrogens with zero attached hydrogens (tertiary/aromatic N) is 1. The number of benzene rings is 1. The molecule has 1 aromatic heterocycles. The Hall–Kier alpha value is -1.81. The topological polar surface area (TPSA) is 47.3 Å². The highest BCUT2D eigenvalue weighted by atomic mass is 16.5. The second-order valence-corrected chi connectivity index (χ2v) is 7.85. The molecule has 0 saturated heterocycles. The van der Waals surface area contributed by atoms with Gasteiger partial charge in [0.1, 0.15) is 12.0 Å². The summed E-state index contributed by atoms with van der Waals surface area (Å²) >= 11 is 0. The molecule has 0 saturated carbocycles. The zero-order valence-electron chi connectivity index (χ0n) is 15.1. The molecule has 0 fully saturated rings. The number of aromatic nitrogens is 1. The van der Waals surface area contributed by atoms with Crippen LogP contribution in [0.3, 0.4) is 0 Å². The molecule has 2 aromatic rings. The maximum absolute atomic E-state index is 5.60.